The van der Waals surface area contributed by atoms with Gasteiger partial charge in [0.1, 0.15) is 5.82 Å². The van der Waals surface area contributed by atoms with Crippen molar-refractivity contribution in [2.75, 3.05) is 44.5 Å². The fourth-order valence-corrected chi connectivity index (χ4v) is 1.30. The Morgan fingerprint density at radius 2 is 2.22 bits per heavy atom. The largest absolute Gasteiger partial charge is 0.397 e. The number of carbonyl (C=O) groups is 1. The van der Waals surface area contributed by atoms with E-state index < -0.39 is 5.91 Å². The normalized spacial score (nSPS) is 10.3. The fourth-order valence-electron chi connectivity index (χ4n) is 1.30. The van der Waals surface area contributed by atoms with Gasteiger partial charge in [-0.25, -0.2) is 4.98 Å². The number of primary amides is 1. The molecule has 0 radical (unpaired) electrons. The van der Waals surface area contributed by atoms with Gasteiger partial charge in [-0.2, -0.15) is 0 Å². The molecule has 7 nitrogen and oxygen atoms in total. The number of hydrogen-bond donors (Lipinski definition) is 3. The molecule has 0 atom stereocenters. The van der Waals surface area contributed by atoms with Crippen molar-refractivity contribution in [3.63, 3.8) is 0 Å². The van der Waals surface area contributed by atoms with Gasteiger partial charge in [0.25, 0.3) is 5.91 Å². The van der Waals surface area contributed by atoms with Gasteiger partial charge < -0.3 is 26.3 Å². The molecule has 0 aromatic carbocycles. The van der Waals surface area contributed by atoms with Crippen molar-refractivity contribution < 1.29 is 14.3 Å². The molecule has 1 amide bonds. The Labute approximate surface area is 105 Å². The summed E-state index contributed by atoms with van der Waals surface area (Å²) in [6, 6.07) is 1.49. The number of amides is 1. The predicted octanol–water partition coefficient (Wildman–Crippen LogP) is -0.162. The van der Waals surface area contributed by atoms with Crippen molar-refractivity contribution >= 4 is 17.4 Å². The Kier molecular flexibility index (Phi) is 5.89. The molecule has 7 heteroatoms. The summed E-state index contributed by atoms with van der Waals surface area (Å²) in [5, 5.41) is 2.97. The molecule has 5 N–H and O–H groups in total. The molecule has 0 aliphatic rings. The maximum atomic E-state index is 11.2. The molecule has 0 unspecified atom stereocenters. The number of rotatable bonds is 8. The molecule has 100 valence electrons. The van der Waals surface area contributed by atoms with Gasteiger partial charge in [0, 0.05) is 13.7 Å². The number of nitrogen functional groups attached to an aromatic ring is 1. The van der Waals surface area contributed by atoms with Crippen LogP contribution in [0.15, 0.2) is 12.3 Å². The van der Waals surface area contributed by atoms with Gasteiger partial charge in [-0.15, -0.1) is 0 Å². The van der Waals surface area contributed by atoms with Gasteiger partial charge in [-0.05, 0) is 6.07 Å². The van der Waals surface area contributed by atoms with E-state index in [2.05, 4.69) is 10.3 Å². The highest BCUT2D eigenvalue weighted by atomic mass is 16.5. The first kappa shape index (κ1) is 14.2. The Balaban J connectivity index is 2.44. The van der Waals surface area contributed by atoms with Gasteiger partial charge in [0.05, 0.1) is 37.3 Å². The minimum atomic E-state index is -0.572. The summed E-state index contributed by atoms with van der Waals surface area (Å²) in [7, 11) is 1.61. The Hall–Kier alpha value is -1.86. The van der Waals surface area contributed by atoms with E-state index in [4.69, 9.17) is 20.9 Å². The van der Waals surface area contributed by atoms with E-state index in [1.807, 2.05) is 0 Å². The van der Waals surface area contributed by atoms with Crippen molar-refractivity contribution in [3.05, 3.63) is 17.8 Å². The van der Waals surface area contributed by atoms with Crippen molar-refractivity contribution in [2.45, 2.75) is 0 Å². The Bertz CT molecular complexity index is 398. The van der Waals surface area contributed by atoms with Gasteiger partial charge >= 0.3 is 0 Å². The van der Waals surface area contributed by atoms with Gasteiger partial charge in [0.15, 0.2) is 0 Å². The highest BCUT2D eigenvalue weighted by Gasteiger charge is 2.09. The van der Waals surface area contributed by atoms with Crippen LogP contribution in [0.4, 0.5) is 11.5 Å². The Morgan fingerprint density at radius 1 is 1.44 bits per heavy atom. The van der Waals surface area contributed by atoms with Crippen molar-refractivity contribution in [2.24, 2.45) is 5.73 Å². The lowest BCUT2D eigenvalue weighted by Gasteiger charge is -2.09. The summed E-state index contributed by atoms with van der Waals surface area (Å²) in [5.41, 5.74) is 11.4. The lowest BCUT2D eigenvalue weighted by Crippen LogP contribution is -2.18. The van der Waals surface area contributed by atoms with Crippen LogP contribution in [0.2, 0.25) is 0 Å². The summed E-state index contributed by atoms with van der Waals surface area (Å²) in [5.74, 6) is -0.162. The van der Waals surface area contributed by atoms with Gasteiger partial charge in [0.2, 0.25) is 0 Å². The van der Waals surface area contributed by atoms with Gasteiger partial charge in [-0.1, -0.05) is 0 Å². The van der Waals surface area contributed by atoms with E-state index in [1.54, 1.807) is 7.11 Å². The summed E-state index contributed by atoms with van der Waals surface area (Å²) in [6.45, 7) is 2.07. The topological polar surface area (TPSA) is 112 Å². The number of carbonyl (C=O) groups excluding carboxylic acids is 1. The number of nitrogens with one attached hydrogen (secondary N) is 1. The number of nitrogens with zero attached hydrogens (tertiary/aromatic N) is 1. The number of methoxy groups -OCH3 is 1. The van der Waals surface area contributed by atoms with Crippen LogP contribution in [-0.2, 0) is 9.47 Å². The van der Waals surface area contributed by atoms with E-state index in [1.165, 1.54) is 12.3 Å². The third kappa shape index (κ3) is 4.56. The average molecular weight is 254 g/mol. The molecule has 0 aliphatic heterocycles. The molecule has 0 spiro atoms. The number of hydrogen-bond acceptors (Lipinski definition) is 6. The summed E-state index contributed by atoms with van der Waals surface area (Å²) in [4.78, 5) is 15.2. The second-order valence-electron chi connectivity index (χ2n) is 3.56. The molecule has 18 heavy (non-hydrogen) atoms. The fraction of sp³-hybridized carbons (Fsp3) is 0.455. The van der Waals surface area contributed by atoms with Crippen LogP contribution in [0.1, 0.15) is 10.4 Å². The lowest BCUT2D eigenvalue weighted by molar-refractivity contribution is 0.0759. The summed E-state index contributed by atoms with van der Waals surface area (Å²) < 4.78 is 10.1. The number of ether oxygens (including phenoxy) is 2. The first-order valence-corrected chi connectivity index (χ1v) is 5.51. The highest BCUT2D eigenvalue weighted by molar-refractivity contribution is 5.98. The molecule has 0 saturated carbocycles. The maximum absolute atomic E-state index is 11.2. The van der Waals surface area contributed by atoms with Crippen molar-refractivity contribution in [3.8, 4) is 0 Å². The molecule has 1 rings (SSSR count). The molecule has 0 fully saturated rings. The molecular weight excluding hydrogens is 236 g/mol. The van der Waals surface area contributed by atoms with E-state index >= 15 is 0 Å². The van der Waals surface area contributed by atoms with E-state index in [9.17, 15) is 4.79 Å². The van der Waals surface area contributed by atoms with E-state index in [-0.39, 0.29) is 5.56 Å². The SMILES string of the molecule is COCCOCCNc1ncc(N)cc1C(N)=O. The number of pyridine rings is 1. The van der Waals surface area contributed by atoms with Crippen molar-refractivity contribution in [1.29, 1.82) is 0 Å². The predicted molar refractivity (Wildman–Crippen MR) is 68.4 cm³/mol. The lowest BCUT2D eigenvalue weighted by atomic mass is 10.2. The molecule has 0 saturated heterocycles. The third-order valence-corrected chi connectivity index (χ3v) is 2.14. The van der Waals surface area contributed by atoms with Crippen LogP contribution in [-0.4, -0.2) is 44.4 Å². The minimum absolute atomic E-state index is 0.270. The van der Waals surface area contributed by atoms with Crippen LogP contribution in [0.3, 0.4) is 0 Å². The first-order chi connectivity index (χ1) is 8.65. The van der Waals surface area contributed by atoms with E-state index in [0.29, 0.717) is 37.9 Å². The molecule has 1 aromatic rings. The molecule has 0 bridgehead atoms. The summed E-state index contributed by atoms with van der Waals surface area (Å²) >= 11 is 0. The standard InChI is InChI=1S/C11H18N4O3/c1-17-4-5-18-3-2-14-11-9(10(13)16)6-8(12)7-15-11/h6-7H,2-5,12H2,1H3,(H2,13,16)(H,14,15). The molecule has 1 aromatic heterocycles. The first-order valence-electron chi connectivity index (χ1n) is 5.51. The zero-order valence-corrected chi connectivity index (χ0v) is 10.3. The van der Waals surface area contributed by atoms with E-state index in [0.717, 1.165) is 0 Å². The Morgan fingerprint density at radius 3 is 2.89 bits per heavy atom. The highest BCUT2D eigenvalue weighted by Crippen LogP contribution is 2.14. The molecular formula is C11H18N4O3. The number of anilines is 2. The van der Waals surface area contributed by atoms with Crippen LogP contribution in [0.5, 0.6) is 0 Å². The molecule has 1 heterocycles. The smallest absolute Gasteiger partial charge is 0.252 e. The van der Waals surface area contributed by atoms with Crippen LogP contribution >= 0.6 is 0 Å². The minimum Gasteiger partial charge on any atom is -0.397 e. The van der Waals surface area contributed by atoms with Crippen LogP contribution in [0, 0.1) is 0 Å². The monoisotopic (exact) mass is 254 g/mol. The van der Waals surface area contributed by atoms with Crippen molar-refractivity contribution in [1.82, 2.24) is 4.98 Å². The average Bonchev–Trinajstić information content (AvgIpc) is 2.35. The number of nitrogens with two attached hydrogens (primary N) is 2. The van der Waals surface area contributed by atoms with Crippen LogP contribution in [0.25, 0.3) is 0 Å². The second kappa shape index (κ2) is 7.46. The quantitative estimate of drug-likeness (QED) is 0.555. The van der Waals surface area contributed by atoms with Gasteiger partial charge in [-0.3, -0.25) is 4.79 Å². The summed E-state index contributed by atoms with van der Waals surface area (Å²) in [6.07, 6.45) is 1.46. The number of aromatic nitrogens is 1. The van der Waals surface area contributed by atoms with Crippen LogP contribution < -0.4 is 16.8 Å². The molecule has 0 aliphatic carbocycles. The maximum Gasteiger partial charge on any atom is 0.252 e. The third-order valence-electron chi connectivity index (χ3n) is 2.14. The zero-order valence-electron chi connectivity index (χ0n) is 10.3. The second-order valence-corrected chi connectivity index (χ2v) is 3.56. The zero-order chi connectivity index (χ0) is 13.4.